The predicted molar refractivity (Wildman–Crippen MR) is 163 cm³/mol. The maximum absolute atomic E-state index is 14.9. The maximum atomic E-state index is 14.9. The summed E-state index contributed by atoms with van der Waals surface area (Å²) in [7, 11) is -4.06. The third kappa shape index (κ3) is 12.0. The minimum Gasteiger partial charge on any atom is -0.505 e. The number of rotatable bonds is 17. The molecule has 0 aromatic heterocycles. The van der Waals surface area contributed by atoms with Crippen molar-refractivity contribution in [2.24, 2.45) is 0 Å². The fourth-order valence-electron chi connectivity index (χ4n) is 5.93. The lowest BCUT2D eigenvalue weighted by molar-refractivity contribution is -0.284. The van der Waals surface area contributed by atoms with Crippen molar-refractivity contribution in [3.05, 3.63) is 64.7 Å². The number of alkyl halides is 8. The van der Waals surface area contributed by atoms with Crippen molar-refractivity contribution in [2.75, 3.05) is 31.1 Å². The Kier molecular flexibility index (Phi) is 13.8. The molecule has 15 heteroatoms. The number of benzene rings is 2. The van der Waals surface area contributed by atoms with Crippen molar-refractivity contribution in [1.82, 2.24) is 4.90 Å². The number of nitrogens with zero attached hydrogens (tertiary/aromatic N) is 1. The van der Waals surface area contributed by atoms with Gasteiger partial charge in [-0.2, -0.15) is 35.1 Å². The molecule has 0 radical (unpaired) electrons. The van der Waals surface area contributed by atoms with Gasteiger partial charge in [-0.15, -0.1) is 0 Å². The van der Waals surface area contributed by atoms with E-state index < -0.39 is 76.4 Å². The van der Waals surface area contributed by atoms with Gasteiger partial charge in [0.2, 0.25) is 0 Å². The van der Waals surface area contributed by atoms with Gasteiger partial charge in [-0.3, -0.25) is 4.90 Å². The Morgan fingerprint density at radius 3 is 2.02 bits per heavy atom. The molecule has 1 aliphatic rings. The van der Waals surface area contributed by atoms with Gasteiger partial charge in [0.1, 0.15) is 15.7 Å². The first-order chi connectivity index (χ1) is 22.3. The zero-order valence-corrected chi connectivity index (χ0v) is 27.0. The van der Waals surface area contributed by atoms with Crippen molar-refractivity contribution in [1.29, 1.82) is 0 Å². The number of allylic oxidation sites excluding steroid dienone is 2. The van der Waals surface area contributed by atoms with E-state index in [1.54, 1.807) is 18.2 Å². The number of aromatic hydroxyl groups is 1. The summed E-state index contributed by atoms with van der Waals surface area (Å²) in [6.07, 6.45) is -9.08. The van der Waals surface area contributed by atoms with E-state index >= 15 is 0 Å². The Hall–Kier alpha value is -2.81. The number of sulfone groups is 1. The van der Waals surface area contributed by atoms with Gasteiger partial charge < -0.3 is 5.11 Å². The lowest BCUT2D eigenvalue weighted by atomic mass is 9.89. The van der Waals surface area contributed by atoms with E-state index in [1.165, 1.54) is 18.2 Å². The number of hydrogen-bond acceptors (Lipinski definition) is 4. The second kappa shape index (κ2) is 16.7. The van der Waals surface area contributed by atoms with E-state index in [0.29, 0.717) is 62.5 Å². The minimum atomic E-state index is -5.80. The summed E-state index contributed by atoms with van der Waals surface area (Å²) in [5.74, 6) is -8.16. The Morgan fingerprint density at radius 2 is 1.38 bits per heavy atom. The van der Waals surface area contributed by atoms with Crippen LogP contribution in [0.4, 0.5) is 43.9 Å². The summed E-state index contributed by atoms with van der Waals surface area (Å²) in [4.78, 5) is 1.04. The van der Waals surface area contributed by atoms with Crippen LogP contribution in [0.25, 0.3) is 11.1 Å². The van der Waals surface area contributed by atoms with Crippen molar-refractivity contribution in [3.8, 4) is 5.75 Å². The Morgan fingerprint density at radius 1 is 0.750 bits per heavy atom. The Bertz CT molecular complexity index is 1490. The van der Waals surface area contributed by atoms with Gasteiger partial charge in [-0.25, -0.2) is 17.2 Å². The van der Waals surface area contributed by atoms with Crippen LogP contribution in [-0.4, -0.2) is 67.8 Å². The largest absolute Gasteiger partial charge is 0.505 e. The first-order valence-corrected chi connectivity index (χ1v) is 17.5. The molecule has 0 aliphatic heterocycles. The molecule has 1 aliphatic carbocycles. The van der Waals surface area contributed by atoms with Crippen LogP contribution in [0.1, 0.15) is 80.9 Å². The van der Waals surface area contributed by atoms with Crippen molar-refractivity contribution in [3.63, 3.8) is 0 Å². The molecule has 3 rings (SSSR count). The summed E-state index contributed by atoms with van der Waals surface area (Å²) < 4.78 is 155. The van der Waals surface area contributed by atoms with Crippen LogP contribution in [0.15, 0.2) is 36.4 Å². The highest BCUT2D eigenvalue weighted by molar-refractivity contribution is 7.91. The molecule has 48 heavy (non-hydrogen) atoms. The molecule has 0 spiro atoms. The monoisotopic (exact) mass is 719 g/mol. The first kappa shape index (κ1) is 39.6. The standard InChI is InChI=1S/C33H39F10NO3S/c34-24-13-11-23(12-14-24)25-9-5-10-28-27(15-16-29(45)30(28)35)26(25)8-3-1-2-4-18-44(22-32(38,39)40)19-7-21-48(46,47)20-6-17-31(36,37)33(41,42)43/h11-16,45H,1-10,17-22H2. The summed E-state index contributed by atoms with van der Waals surface area (Å²) >= 11 is 0. The SMILES string of the molecule is O=S(=O)(CCCN(CCCCCCC1=C(c2ccc(F)cc2)CCCc2c1ccc(O)c2F)CC(F)(F)F)CCCC(F)(F)C(F)(F)F. The molecule has 0 saturated heterocycles. The summed E-state index contributed by atoms with van der Waals surface area (Å²) in [5.41, 5.74) is 3.62. The van der Waals surface area contributed by atoms with E-state index in [9.17, 15) is 57.4 Å². The molecule has 0 atom stereocenters. The Labute approximate surface area is 273 Å². The highest BCUT2D eigenvalue weighted by atomic mass is 32.2. The van der Waals surface area contributed by atoms with Gasteiger partial charge >= 0.3 is 18.3 Å². The maximum Gasteiger partial charge on any atom is 0.453 e. The van der Waals surface area contributed by atoms with E-state index in [-0.39, 0.29) is 19.5 Å². The zero-order valence-electron chi connectivity index (χ0n) is 26.2. The van der Waals surface area contributed by atoms with Gasteiger partial charge in [0, 0.05) is 6.42 Å². The predicted octanol–water partition coefficient (Wildman–Crippen LogP) is 9.51. The zero-order chi connectivity index (χ0) is 35.8. The molecule has 0 unspecified atom stereocenters. The Balaban J connectivity index is 1.56. The normalized spacial score (nSPS) is 14.8. The van der Waals surface area contributed by atoms with Crippen molar-refractivity contribution in [2.45, 2.75) is 88.9 Å². The van der Waals surface area contributed by atoms with E-state index in [2.05, 4.69) is 0 Å². The van der Waals surface area contributed by atoms with Crippen LogP contribution >= 0.6 is 0 Å². The number of phenols is 1. The number of fused-ring (bicyclic) bond motifs is 1. The van der Waals surface area contributed by atoms with Crippen LogP contribution in [-0.2, 0) is 16.3 Å². The number of phenolic OH excluding ortho intramolecular Hbond substituents is 1. The molecule has 4 nitrogen and oxygen atoms in total. The van der Waals surface area contributed by atoms with E-state index in [1.807, 2.05) is 0 Å². The smallest absolute Gasteiger partial charge is 0.453 e. The minimum absolute atomic E-state index is 0.00574. The fourth-order valence-corrected chi connectivity index (χ4v) is 7.28. The topological polar surface area (TPSA) is 57.6 Å². The molecular formula is C33H39F10NO3S. The summed E-state index contributed by atoms with van der Waals surface area (Å²) in [5, 5.41) is 9.94. The summed E-state index contributed by atoms with van der Waals surface area (Å²) in [6, 6.07) is 8.93. The fraction of sp³-hybridized carbons (Fsp3) is 0.576. The molecule has 0 amide bonds. The molecule has 0 heterocycles. The van der Waals surface area contributed by atoms with Crippen LogP contribution in [0.5, 0.6) is 5.75 Å². The van der Waals surface area contributed by atoms with Crippen LogP contribution in [0, 0.1) is 11.6 Å². The van der Waals surface area contributed by atoms with Crippen LogP contribution < -0.4 is 0 Å². The molecule has 2 aromatic carbocycles. The van der Waals surface area contributed by atoms with E-state index in [4.69, 9.17) is 0 Å². The number of halogens is 10. The third-order valence-corrected chi connectivity index (χ3v) is 10.1. The molecule has 1 N–H and O–H groups in total. The lowest BCUT2D eigenvalue weighted by Gasteiger charge is -2.23. The van der Waals surface area contributed by atoms with Crippen molar-refractivity contribution < 1.29 is 57.4 Å². The first-order valence-electron chi connectivity index (χ1n) is 15.7. The van der Waals surface area contributed by atoms with E-state index in [0.717, 1.165) is 21.6 Å². The second-order valence-electron chi connectivity index (χ2n) is 12.1. The average Bonchev–Trinajstić information content (AvgIpc) is 3.15. The van der Waals surface area contributed by atoms with Gasteiger partial charge in [-0.1, -0.05) is 31.0 Å². The number of hydrogen-bond donors (Lipinski definition) is 1. The van der Waals surface area contributed by atoms with Gasteiger partial charge in [0.05, 0.1) is 18.1 Å². The number of unbranched alkanes of at least 4 members (excludes halogenated alkanes) is 3. The average molecular weight is 720 g/mol. The molecule has 0 fully saturated rings. The molecular weight excluding hydrogens is 680 g/mol. The summed E-state index contributed by atoms with van der Waals surface area (Å²) in [6.45, 7) is -1.57. The highest BCUT2D eigenvalue weighted by Crippen LogP contribution is 2.41. The lowest BCUT2D eigenvalue weighted by Crippen LogP contribution is -2.37. The molecule has 0 saturated carbocycles. The molecule has 2 aromatic rings. The van der Waals surface area contributed by atoms with Crippen LogP contribution in [0.2, 0.25) is 0 Å². The van der Waals surface area contributed by atoms with Gasteiger partial charge in [0.25, 0.3) is 0 Å². The quantitative estimate of drug-likeness (QED) is 0.131. The highest BCUT2D eigenvalue weighted by Gasteiger charge is 2.56. The molecule has 270 valence electrons. The molecule has 0 bridgehead atoms. The third-order valence-electron chi connectivity index (χ3n) is 8.30. The second-order valence-corrected chi connectivity index (χ2v) is 14.4. The van der Waals surface area contributed by atoms with Crippen LogP contribution in [0.3, 0.4) is 0 Å². The van der Waals surface area contributed by atoms with Crippen molar-refractivity contribution >= 4 is 21.0 Å². The van der Waals surface area contributed by atoms with Gasteiger partial charge in [-0.05, 0) is 110 Å². The van der Waals surface area contributed by atoms with Gasteiger partial charge in [0.15, 0.2) is 11.6 Å².